The van der Waals surface area contributed by atoms with Crippen molar-refractivity contribution >= 4 is 11.6 Å². The lowest BCUT2D eigenvalue weighted by Gasteiger charge is -2.09. The van der Waals surface area contributed by atoms with Gasteiger partial charge in [0.2, 0.25) is 0 Å². The van der Waals surface area contributed by atoms with Crippen LogP contribution in [0.3, 0.4) is 0 Å². The van der Waals surface area contributed by atoms with Gasteiger partial charge in [-0.1, -0.05) is 11.6 Å². The van der Waals surface area contributed by atoms with Gasteiger partial charge in [-0.05, 0) is 12.1 Å². The molecule has 0 aliphatic rings. The first-order valence-corrected chi connectivity index (χ1v) is 5.12. The molecule has 0 saturated heterocycles. The predicted molar refractivity (Wildman–Crippen MR) is 58.9 cm³/mol. The number of hydrogen-bond acceptors (Lipinski definition) is 3. The standard InChI is InChI=1S/C11H6ClF3N2O/c1-18-10-9(16-4-17-11(10)12)5-2-3-6(13)8(15)7(5)14/h2-4H,1H3. The second-order valence-electron chi connectivity index (χ2n) is 3.27. The van der Waals surface area contributed by atoms with E-state index in [1.54, 1.807) is 0 Å². The molecule has 0 aliphatic carbocycles. The first kappa shape index (κ1) is 12.6. The minimum Gasteiger partial charge on any atom is -0.491 e. The second kappa shape index (κ2) is 4.81. The molecule has 2 rings (SSSR count). The zero-order chi connectivity index (χ0) is 13.3. The van der Waals surface area contributed by atoms with E-state index < -0.39 is 17.5 Å². The van der Waals surface area contributed by atoms with Crippen LogP contribution in [0.5, 0.6) is 5.75 Å². The molecule has 0 fully saturated rings. The monoisotopic (exact) mass is 274 g/mol. The topological polar surface area (TPSA) is 35.0 Å². The van der Waals surface area contributed by atoms with Gasteiger partial charge in [-0.2, -0.15) is 0 Å². The van der Waals surface area contributed by atoms with Crippen LogP contribution in [0.4, 0.5) is 13.2 Å². The SMILES string of the molecule is COc1c(Cl)ncnc1-c1ccc(F)c(F)c1F. The van der Waals surface area contributed by atoms with Gasteiger partial charge in [-0.3, -0.25) is 0 Å². The van der Waals surface area contributed by atoms with Crippen LogP contribution in [0.2, 0.25) is 5.15 Å². The summed E-state index contributed by atoms with van der Waals surface area (Å²) < 4.78 is 44.5. The zero-order valence-corrected chi connectivity index (χ0v) is 9.80. The molecule has 7 heteroatoms. The Morgan fingerprint density at radius 2 is 1.83 bits per heavy atom. The summed E-state index contributed by atoms with van der Waals surface area (Å²) in [4.78, 5) is 7.41. The zero-order valence-electron chi connectivity index (χ0n) is 9.05. The van der Waals surface area contributed by atoms with E-state index in [0.717, 1.165) is 18.5 Å². The second-order valence-corrected chi connectivity index (χ2v) is 3.63. The van der Waals surface area contributed by atoms with Crippen LogP contribution in [-0.4, -0.2) is 17.1 Å². The molecule has 0 radical (unpaired) electrons. The molecule has 0 unspecified atom stereocenters. The largest absolute Gasteiger partial charge is 0.491 e. The van der Waals surface area contributed by atoms with Gasteiger partial charge in [-0.25, -0.2) is 23.1 Å². The molecule has 1 heterocycles. The fraction of sp³-hybridized carbons (Fsp3) is 0.0909. The maximum absolute atomic E-state index is 13.6. The average Bonchev–Trinajstić information content (AvgIpc) is 2.36. The first-order chi connectivity index (χ1) is 8.56. The molecule has 1 aromatic heterocycles. The number of hydrogen-bond donors (Lipinski definition) is 0. The number of nitrogens with zero attached hydrogens (tertiary/aromatic N) is 2. The van der Waals surface area contributed by atoms with Crippen molar-refractivity contribution < 1.29 is 17.9 Å². The normalized spacial score (nSPS) is 10.5. The predicted octanol–water partition coefficient (Wildman–Crippen LogP) is 3.22. The van der Waals surface area contributed by atoms with Gasteiger partial charge in [0.05, 0.1) is 7.11 Å². The third-order valence-electron chi connectivity index (χ3n) is 2.25. The summed E-state index contributed by atoms with van der Waals surface area (Å²) in [5.41, 5.74) is -0.302. The van der Waals surface area contributed by atoms with E-state index in [1.165, 1.54) is 7.11 Å². The van der Waals surface area contributed by atoms with Crippen LogP contribution in [0, 0.1) is 17.5 Å². The third-order valence-corrected chi connectivity index (χ3v) is 2.52. The molecule has 2 aromatic rings. The lowest BCUT2D eigenvalue weighted by atomic mass is 10.1. The molecule has 0 N–H and O–H groups in total. The number of benzene rings is 1. The molecule has 0 bridgehead atoms. The van der Waals surface area contributed by atoms with Crippen molar-refractivity contribution in [2.45, 2.75) is 0 Å². The Bertz CT molecular complexity index is 607. The van der Waals surface area contributed by atoms with E-state index in [9.17, 15) is 13.2 Å². The van der Waals surface area contributed by atoms with Crippen molar-refractivity contribution in [2.75, 3.05) is 7.11 Å². The maximum Gasteiger partial charge on any atom is 0.195 e. The molecule has 0 amide bonds. The maximum atomic E-state index is 13.6. The van der Waals surface area contributed by atoms with Crippen LogP contribution in [0.25, 0.3) is 11.3 Å². The van der Waals surface area contributed by atoms with Crippen LogP contribution < -0.4 is 4.74 Å². The van der Waals surface area contributed by atoms with E-state index in [0.29, 0.717) is 0 Å². The highest BCUT2D eigenvalue weighted by Crippen LogP contribution is 2.34. The van der Waals surface area contributed by atoms with E-state index in [4.69, 9.17) is 16.3 Å². The molecule has 0 aliphatic heterocycles. The summed E-state index contributed by atoms with van der Waals surface area (Å²) in [6.45, 7) is 0. The average molecular weight is 275 g/mol. The van der Waals surface area contributed by atoms with E-state index in [-0.39, 0.29) is 22.2 Å². The molecule has 3 nitrogen and oxygen atoms in total. The van der Waals surface area contributed by atoms with Crippen LogP contribution in [0.15, 0.2) is 18.5 Å². The molecule has 18 heavy (non-hydrogen) atoms. The van der Waals surface area contributed by atoms with Crippen molar-refractivity contribution in [1.29, 1.82) is 0 Å². The lowest BCUT2D eigenvalue weighted by Crippen LogP contribution is -1.99. The summed E-state index contributed by atoms with van der Waals surface area (Å²) in [5, 5.41) is -0.0494. The molecule has 0 spiro atoms. The van der Waals surface area contributed by atoms with Crippen molar-refractivity contribution in [3.63, 3.8) is 0 Å². The molecule has 1 aromatic carbocycles. The quantitative estimate of drug-likeness (QED) is 0.623. The Kier molecular flexibility index (Phi) is 3.38. The minimum atomic E-state index is -1.58. The van der Waals surface area contributed by atoms with Crippen LogP contribution >= 0.6 is 11.6 Å². The van der Waals surface area contributed by atoms with Gasteiger partial charge in [0, 0.05) is 5.56 Å². The Morgan fingerprint density at radius 1 is 1.11 bits per heavy atom. The summed E-state index contributed by atoms with van der Waals surface area (Å²) in [6.07, 6.45) is 1.07. The van der Waals surface area contributed by atoms with Crippen molar-refractivity contribution in [2.24, 2.45) is 0 Å². The highest BCUT2D eigenvalue weighted by molar-refractivity contribution is 6.31. The Balaban J connectivity index is 2.70. The Morgan fingerprint density at radius 3 is 2.50 bits per heavy atom. The molecule has 0 saturated carbocycles. The minimum absolute atomic E-state index is 0.0101. The summed E-state index contributed by atoms with van der Waals surface area (Å²) >= 11 is 5.74. The lowest BCUT2D eigenvalue weighted by molar-refractivity contribution is 0.411. The molecule has 94 valence electrons. The number of halogens is 4. The van der Waals surface area contributed by atoms with Gasteiger partial charge in [-0.15, -0.1) is 0 Å². The number of ether oxygens (including phenoxy) is 1. The van der Waals surface area contributed by atoms with E-state index in [1.807, 2.05) is 0 Å². The van der Waals surface area contributed by atoms with E-state index in [2.05, 4.69) is 9.97 Å². The van der Waals surface area contributed by atoms with Crippen LogP contribution in [0.1, 0.15) is 0 Å². The Hall–Kier alpha value is -1.82. The van der Waals surface area contributed by atoms with Gasteiger partial charge >= 0.3 is 0 Å². The summed E-state index contributed by atoms with van der Waals surface area (Å²) in [7, 11) is 1.28. The van der Waals surface area contributed by atoms with Crippen molar-refractivity contribution in [3.8, 4) is 17.0 Å². The third kappa shape index (κ3) is 1.99. The van der Waals surface area contributed by atoms with Crippen molar-refractivity contribution in [1.82, 2.24) is 9.97 Å². The highest BCUT2D eigenvalue weighted by Gasteiger charge is 2.20. The molecular weight excluding hydrogens is 269 g/mol. The first-order valence-electron chi connectivity index (χ1n) is 4.74. The fourth-order valence-corrected chi connectivity index (χ4v) is 1.64. The molecule has 0 atom stereocenters. The van der Waals surface area contributed by atoms with Gasteiger partial charge in [0.25, 0.3) is 0 Å². The molecular formula is C11H6ClF3N2O. The smallest absolute Gasteiger partial charge is 0.195 e. The van der Waals surface area contributed by atoms with E-state index >= 15 is 0 Å². The van der Waals surface area contributed by atoms with Crippen LogP contribution in [-0.2, 0) is 0 Å². The Labute approximate surface area is 105 Å². The fourth-order valence-electron chi connectivity index (χ4n) is 1.43. The van der Waals surface area contributed by atoms with Crippen molar-refractivity contribution in [3.05, 3.63) is 41.1 Å². The van der Waals surface area contributed by atoms with Gasteiger partial charge < -0.3 is 4.74 Å². The van der Waals surface area contributed by atoms with Gasteiger partial charge in [0.15, 0.2) is 28.4 Å². The number of aromatic nitrogens is 2. The summed E-state index contributed by atoms with van der Waals surface area (Å²) in [5.74, 6) is -4.23. The highest BCUT2D eigenvalue weighted by atomic mass is 35.5. The number of rotatable bonds is 2. The number of methoxy groups -OCH3 is 1. The van der Waals surface area contributed by atoms with Gasteiger partial charge in [0.1, 0.15) is 12.0 Å². The summed E-state index contributed by atoms with van der Waals surface area (Å²) in [6, 6.07) is 1.85.